The maximum absolute atomic E-state index is 15.4. The molecule has 3 aromatic rings. The molecule has 0 radical (unpaired) electrons. The molecule has 3 aliphatic heterocycles. The maximum Gasteiger partial charge on any atom is 0.417 e. The summed E-state index contributed by atoms with van der Waals surface area (Å²) in [6.45, 7) is 13.6. The average molecular weight is 680 g/mol. The summed E-state index contributed by atoms with van der Waals surface area (Å²) in [4.78, 5) is 37.1. The monoisotopic (exact) mass is 679 g/mol. The summed E-state index contributed by atoms with van der Waals surface area (Å²) in [7, 11) is 0. The molecule has 8 nitrogen and oxygen atoms in total. The Morgan fingerprint density at radius 1 is 1.06 bits per heavy atom. The number of anilines is 1. The second-order valence-electron chi connectivity index (χ2n) is 14.0. The number of carbonyl (C=O) groups is 1. The van der Waals surface area contributed by atoms with Crippen LogP contribution in [0.5, 0.6) is 0 Å². The molecule has 1 amide bonds. The molecule has 6 rings (SSSR count). The Morgan fingerprint density at radius 2 is 1.72 bits per heavy atom. The number of nitrogens with zero attached hydrogens (tertiary/aromatic N) is 5. The van der Waals surface area contributed by atoms with Crippen molar-refractivity contribution in [2.45, 2.75) is 76.8 Å². The highest BCUT2D eigenvalue weighted by Gasteiger charge is 2.47. The molecule has 4 heterocycles. The molecular formula is C33H38F5N5O3S. The van der Waals surface area contributed by atoms with Crippen LogP contribution in [0.15, 0.2) is 34.0 Å². The van der Waals surface area contributed by atoms with Gasteiger partial charge in [0, 0.05) is 71.4 Å². The number of ether oxygens (including phenoxy) is 1. The fourth-order valence-corrected chi connectivity index (χ4v) is 8.64. The van der Waals surface area contributed by atoms with Crippen LogP contribution in [-0.4, -0.2) is 81.6 Å². The van der Waals surface area contributed by atoms with Crippen LogP contribution in [0.3, 0.4) is 0 Å². The lowest BCUT2D eigenvalue weighted by Crippen LogP contribution is -2.60. The molecule has 254 valence electrons. The van der Waals surface area contributed by atoms with Gasteiger partial charge in [-0.15, -0.1) is 11.8 Å². The van der Waals surface area contributed by atoms with Gasteiger partial charge in [0.1, 0.15) is 23.1 Å². The zero-order valence-electron chi connectivity index (χ0n) is 27.2. The van der Waals surface area contributed by atoms with Crippen LogP contribution in [0.4, 0.5) is 32.6 Å². The van der Waals surface area contributed by atoms with Gasteiger partial charge in [-0.1, -0.05) is 6.92 Å². The van der Waals surface area contributed by atoms with Gasteiger partial charge in [0.15, 0.2) is 0 Å². The Hall–Kier alpha value is -3.39. The van der Waals surface area contributed by atoms with Crippen molar-refractivity contribution in [3.63, 3.8) is 0 Å². The van der Waals surface area contributed by atoms with E-state index in [0.29, 0.717) is 24.9 Å². The molecule has 0 unspecified atom stereocenters. The van der Waals surface area contributed by atoms with E-state index in [1.165, 1.54) is 16.3 Å². The summed E-state index contributed by atoms with van der Waals surface area (Å²) >= 11 is 1.17. The van der Waals surface area contributed by atoms with Crippen LogP contribution < -0.4 is 10.6 Å². The molecule has 0 N–H and O–H groups in total. The predicted molar refractivity (Wildman–Crippen MR) is 171 cm³/mol. The number of piperazine rings is 1. The average Bonchev–Trinajstić information content (AvgIpc) is 3.11. The standard InChI is InChI=1S/C33H38F5N5O3S/c1-7-40-14-32(15-40)16-42-26-22(11-23(33(36,37)38)25(27(26)47-17-32)21-9-8-20(34)10-24(21)35)28(39-29(42)44)41-12-18(2)43(19(3)13-41)30(45)46-31(4,5)6/h8-11,18-19H,7,12-17H2,1-6H3/t18-,19+. The fraction of sp³-hybridized carbons (Fsp3) is 0.545. The number of benzene rings is 2. The number of hydrogen-bond donors (Lipinski definition) is 0. The van der Waals surface area contributed by atoms with E-state index in [0.717, 1.165) is 24.7 Å². The first kappa shape index (κ1) is 33.5. The molecule has 1 spiro atoms. The van der Waals surface area contributed by atoms with Crippen molar-refractivity contribution in [1.82, 2.24) is 19.4 Å². The van der Waals surface area contributed by atoms with E-state index < -0.39 is 69.4 Å². The third-order valence-corrected chi connectivity index (χ3v) is 10.6. The maximum atomic E-state index is 15.4. The first-order valence-electron chi connectivity index (χ1n) is 15.7. The minimum atomic E-state index is -4.92. The highest BCUT2D eigenvalue weighted by Crippen LogP contribution is 2.51. The largest absolute Gasteiger partial charge is 0.444 e. The molecule has 1 aromatic heterocycles. The molecular weight excluding hydrogens is 641 g/mol. The molecule has 3 aliphatic rings. The van der Waals surface area contributed by atoms with Gasteiger partial charge < -0.3 is 14.5 Å². The number of likely N-dealkylation sites (tertiary alicyclic amines) is 1. The zero-order chi connectivity index (χ0) is 34.2. The van der Waals surface area contributed by atoms with E-state index in [-0.39, 0.29) is 41.3 Å². The van der Waals surface area contributed by atoms with Crippen LogP contribution in [-0.2, 0) is 17.5 Å². The second-order valence-corrected chi connectivity index (χ2v) is 15.0. The Kier molecular flexibility index (Phi) is 8.30. The first-order chi connectivity index (χ1) is 21.9. The zero-order valence-corrected chi connectivity index (χ0v) is 28.0. The number of halogens is 5. The molecule has 0 bridgehead atoms. The molecule has 2 saturated heterocycles. The van der Waals surface area contributed by atoms with Crippen molar-refractivity contribution < 1.29 is 31.5 Å². The smallest absolute Gasteiger partial charge is 0.417 e. The number of rotatable bonds is 3. The van der Waals surface area contributed by atoms with E-state index >= 15 is 17.6 Å². The van der Waals surface area contributed by atoms with E-state index in [9.17, 15) is 14.0 Å². The summed E-state index contributed by atoms with van der Waals surface area (Å²) in [6, 6.07) is 2.61. The Labute approximate surface area is 273 Å². The summed E-state index contributed by atoms with van der Waals surface area (Å²) in [5, 5.41) is 0.111. The second kappa shape index (κ2) is 11.6. The van der Waals surface area contributed by atoms with Gasteiger partial charge >= 0.3 is 18.0 Å². The van der Waals surface area contributed by atoms with Gasteiger partial charge in [-0.3, -0.25) is 9.47 Å². The third-order valence-electron chi connectivity index (χ3n) is 9.11. The number of carbonyl (C=O) groups excluding carboxylic acids is 1. The van der Waals surface area contributed by atoms with Crippen LogP contribution in [0, 0.1) is 17.0 Å². The van der Waals surface area contributed by atoms with E-state index in [2.05, 4.69) is 9.88 Å². The van der Waals surface area contributed by atoms with Crippen LogP contribution in [0.2, 0.25) is 0 Å². The summed E-state index contributed by atoms with van der Waals surface area (Å²) in [5.74, 6) is -1.57. The lowest BCUT2D eigenvalue weighted by molar-refractivity contribution is -0.137. The van der Waals surface area contributed by atoms with Gasteiger partial charge in [-0.05, 0) is 59.4 Å². The van der Waals surface area contributed by atoms with Crippen molar-refractivity contribution in [3.8, 4) is 11.1 Å². The third kappa shape index (κ3) is 6.07. The van der Waals surface area contributed by atoms with Gasteiger partial charge in [-0.2, -0.15) is 18.2 Å². The van der Waals surface area contributed by atoms with Gasteiger partial charge in [-0.25, -0.2) is 18.4 Å². The van der Waals surface area contributed by atoms with Gasteiger partial charge in [0.25, 0.3) is 0 Å². The number of aromatic nitrogens is 2. The van der Waals surface area contributed by atoms with E-state index in [1.807, 2.05) is 20.8 Å². The minimum absolute atomic E-state index is 0.0713. The quantitative estimate of drug-likeness (QED) is 0.288. The predicted octanol–water partition coefficient (Wildman–Crippen LogP) is 6.62. The highest BCUT2D eigenvalue weighted by molar-refractivity contribution is 7.99. The van der Waals surface area contributed by atoms with Crippen molar-refractivity contribution in [3.05, 3.63) is 51.9 Å². The molecule has 2 fully saturated rings. The van der Waals surface area contributed by atoms with Crippen LogP contribution in [0.25, 0.3) is 22.0 Å². The number of hydrogen-bond acceptors (Lipinski definition) is 7. The molecule has 47 heavy (non-hydrogen) atoms. The van der Waals surface area contributed by atoms with E-state index in [4.69, 9.17) is 4.74 Å². The van der Waals surface area contributed by atoms with Crippen LogP contribution in [0.1, 0.15) is 47.1 Å². The van der Waals surface area contributed by atoms with E-state index in [1.54, 1.807) is 30.6 Å². The number of thioether (sulfide) groups is 1. The lowest BCUT2D eigenvalue weighted by atomic mass is 9.81. The molecule has 2 atom stereocenters. The first-order valence-corrected chi connectivity index (χ1v) is 16.7. The molecule has 0 aliphatic carbocycles. The van der Waals surface area contributed by atoms with Crippen molar-refractivity contribution in [2.75, 3.05) is 43.4 Å². The van der Waals surface area contributed by atoms with Crippen LogP contribution >= 0.6 is 11.8 Å². The molecule has 14 heteroatoms. The Morgan fingerprint density at radius 3 is 2.30 bits per heavy atom. The highest BCUT2D eigenvalue weighted by atomic mass is 32.2. The molecule has 0 saturated carbocycles. The SMILES string of the molecule is CCN1CC2(CSc3c(-c4ccc(F)cc4F)c(C(F)(F)F)cc4c(N5C[C@@H](C)N(C(=O)OC(C)(C)C)[C@@H](C)C5)nc(=O)n(c34)C2)C1. The normalized spacial score (nSPS) is 21.6. The van der Waals surface area contributed by atoms with Gasteiger partial charge in [0.2, 0.25) is 0 Å². The van der Waals surface area contributed by atoms with Gasteiger partial charge in [0.05, 0.1) is 23.2 Å². The minimum Gasteiger partial charge on any atom is -0.444 e. The number of alkyl halides is 3. The van der Waals surface area contributed by atoms with Crippen molar-refractivity contribution in [1.29, 1.82) is 0 Å². The fourth-order valence-electron chi connectivity index (χ4n) is 7.20. The number of amides is 1. The summed E-state index contributed by atoms with van der Waals surface area (Å²) in [5.41, 5.74) is -3.41. The summed E-state index contributed by atoms with van der Waals surface area (Å²) < 4.78 is 81.4. The molecule has 2 aromatic carbocycles. The Bertz CT molecular complexity index is 1790. The topological polar surface area (TPSA) is 70.9 Å². The summed E-state index contributed by atoms with van der Waals surface area (Å²) in [6.07, 6.45) is -5.43. The van der Waals surface area contributed by atoms with Crippen molar-refractivity contribution >= 4 is 34.6 Å². The van der Waals surface area contributed by atoms with Crippen molar-refractivity contribution in [2.24, 2.45) is 5.41 Å². The lowest BCUT2D eigenvalue weighted by Gasteiger charge is -2.49. The Balaban J connectivity index is 1.57.